The van der Waals surface area contributed by atoms with Crippen molar-refractivity contribution in [2.24, 2.45) is 12.0 Å². The second-order valence-electron chi connectivity index (χ2n) is 6.09. The van der Waals surface area contributed by atoms with E-state index in [1.807, 2.05) is 80.9 Å². The molecule has 0 saturated carbocycles. The first-order valence-corrected chi connectivity index (χ1v) is 9.36. The molecule has 0 atom stereocenters. The Hall–Kier alpha value is -2.66. The van der Waals surface area contributed by atoms with Gasteiger partial charge in [-0.2, -0.15) is 4.99 Å². The van der Waals surface area contributed by atoms with Crippen LogP contribution in [-0.4, -0.2) is 17.1 Å². The van der Waals surface area contributed by atoms with E-state index in [2.05, 4.69) is 4.99 Å². The molecule has 0 fully saturated rings. The van der Waals surface area contributed by atoms with Crippen LogP contribution in [0.25, 0.3) is 11.3 Å². The molecule has 134 valence electrons. The molecule has 0 aliphatic carbocycles. The Balaban J connectivity index is 1.97. The van der Waals surface area contributed by atoms with Crippen LogP contribution in [-0.2, 0) is 7.05 Å². The SMILES string of the molecule is CCOc1ccc(-c2c(C)sc(=NC(=O)c3ccc(C)cc3)n2C)cc1. The van der Waals surface area contributed by atoms with Gasteiger partial charge in [-0.1, -0.05) is 17.7 Å². The van der Waals surface area contributed by atoms with Crippen molar-refractivity contribution in [1.29, 1.82) is 0 Å². The predicted molar refractivity (Wildman–Crippen MR) is 106 cm³/mol. The Morgan fingerprint density at radius 2 is 1.73 bits per heavy atom. The third-order valence-corrected chi connectivity index (χ3v) is 5.18. The molecule has 3 aromatic rings. The zero-order chi connectivity index (χ0) is 18.7. The monoisotopic (exact) mass is 366 g/mol. The van der Waals surface area contributed by atoms with Crippen LogP contribution >= 0.6 is 11.3 Å². The van der Waals surface area contributed by atoms with E-state index in [1.54, 1.807) is 0 Å². The Labute approximate surface area is 157 Å². The van der Waals surface area contributed by atoms with Gasteiger partial charge in [0.15, 0.2) is 4.80 Å². The molecule has 1 aromatic heterocycles. The zero-order valence-corrected chi connectivity index (χ0v) is 16.3. The maximum atomic E-state index is 12.5. The molecular formula is C21H22N2O2S. The Bertz CT molecular complexity index is 980. The van der Waals surface area contributed by atoms with Crippen molar-refractivity contribution < 1.29 is 9.53 Å². The third-order valence-electron chi connectivity index (χ3n) is 4.13. The topological polar surface area (TPSA) is 43.6 Å². The number of thiazole rings is 1. The van der Waals surface area contributed by atoms with E-state index in [0.717, 1.165) is 27.4 Å². The van der Waals surface area contributed by atoms with Crippen LogP contribution in [0.2, 0.25) is 0 Å². The average molecular weight is 366 g/mol. The zero-order valence-electron chi connectivity index (χ0n) is 15.4. The lowest BCUT2D eigenvalue weighted by molar-refractivity contribution is 0.0998. The summed E-state index contributed by atoms with van der Waals surface area (Å²) in [6.45, 7) is 6.66. The van der Waals surface area contributed by atoms with E-state index in [-0.39, 0.29) is 5.91 Å². The Morgan fingerprint density at radius 1 is 1.08 bits per heavy atom. The fraction of sp³-hybridized carbons (Fsp3) is 0.238. The lowest BCUT2D eigenvalue weighted by Gasteiger charge is -2.07. The minimum atomic E-state index is -0.222. The molecule has 26 heavy (non-hydrogen) atoms. The number of carbonyl (C=O) groups is 1. The van der Waals surface area contributed by atoms with Gasteiger partial charge in [0.1, 0.15) is 5.75 Å². The van der Waals surface area contributed by atoms with Crippen LogP contribution in [0.5, 0.6) is 5.75 Å². The highest BCUT2D eigenvalue weighted by Crippen LogP contribution is 2.26. The second kappa shape index (κ2) is 7.70. The fourth-order valence-corrected chi connectivity index (χ4v) is 3.79. The number of aryl methyl sites for hydroxylation is 2. The van der Waals surface area contributed by atoms with E-state index in [4.69, 9.17) is 4.74 Å². The molecular weight excluding hydrogens is 344 g/mol. The minimum absolute atomic E-state index is 0.222. The van der Waals surface area contributed by atoms with Gasteiger partial charge >= 0.3 is 0 Å². The molecule has 4 nitrogen and oxygen atoms in total. The molecule has 0 bridgehead atoms. The van der Waals surface area contributed by atoms with Crippen molar-refractivity contribution in [2.75, 3.05) is 6.61 Å². The number of hydrogen-bond donors (Lipinski definition) is 0. The van der Waals surface area contributed by atoms with E-state index >= 15 is 0 Å². The number of nitrogens with zero attached hydrogens (tertiary/aromatic N) is 2. The Morgan fingerprint density at radius 3 is 2.35 bits per heavy atom. The highest BCUT2D eigenvalue weighted by molar-refractivity contribution is 7.09. The maximum Gasteiger partial charge on any atom is 0.279 e. The number of ether oxygens (including phenoxy) is 1. The van der Waals surface area contributed by atoms with Crippen LogP contribution in [0.3, 0.4) is 0 Å². The predicted octanol–water partition coefficient (Wildman–Crippen LogP) is 4.51. The summed E-state index contributed by atoms with van der Waals surface area (Å²) in [5.41, 5.74) is 3.86. The summed E-state index contributed by atoms with van der Waals surface area (Å²) in [5.74, 6) is 0.631. The second-order valence-corrected chi connectivity index (χ2v) is 7.27. The van der Waals surface area contributed by atoms with Crippen molar-refractivity contribution in [2.45, 2.75) is 20.8 Å². The maximum absolute atomic E-state index is 12.5. The standard InChI is InChI=1S/C21H22N2O2S/c1-5-25-18-12-10-16(11-13-18)19-15(3)26-21(23(19)4)22-20(24)17-8-6-14(2)7-9-17/h6-13H,5H2,1-4H3. The van der Waals surface area contributed by atoms with Crippen LogP contribution in [0.15, 0.2) is 53.5 Å². The van der Waals surface area contributed by atoms with Gasteiger partial charge in [-0.3, -0.25) is 4.79 Å². The van der Waals surface area contributed by atoms with Gasteiger partial charge in [-0.25, -0.2) is 0 Å². The van der Waals surface area contributed by atoms with Gasteiger partial charge in [0, 0.05) is 17.5 Å². The average Bonchev–Trinajstić information content (AvgIpc) is 2.90. The molecule has 3 rings (SSSR count). The molecule has 1 amide bonds. The number of aromatic nitrogens is 1. The first-order valence-electron chi connectivity index (χ1n) is 8.55. The van der Waals surface area contributed by atoms with E-state index in [1.165, 1.54) is 11.3 Å². The summed E-state index contributed by atoms with van der Waals surface area (Å²) in [4.78, 5) is 18.6. The molecule has 0 saturated heterocycles. The van der Waals surface area contributed by atoms with Crippen molar-refractivity contribution in [3.05, 3.63) is 69.3 Å². The molecule has 0 spiro atoms. The quantitative estimate of drug-likeness (QED) is 0.682. The molecule has 0 N–H and O–H groups in total. The number of carbonyl (C=O) groups excluding carboxylic acids is 1. The highest BCUT2D eigenvalue weighted by Gasteiger charge is 2.12. The molecule has 5 heteroatoms. The van der Waals surface area contributed by atoms with Crippen LogP contribution in [0.4, 0.5) is 0 Å². The molecule has 0 aliphatic rings. The van der Waals surface area contributed by atoms with Gasteiger partial charge in [0.05, 0.1) is 12.3 Å². The lowest BCUT2D eigenvalue weighted by Crippen LogP contribution is -2.14. The fourth-order valence-electron chi connectivity index (χ4n) is 2.80. The minimum Gasteiger partial charge on any atom is -0.494 e. The summed E-state index contributed by atoms with van der Waals surface area (Å²) in [6.07, 6.45) is 0. The van der Waals surface area contributed by atoms with Crippen LogP contribution in [0, 0.1) is 13.8 Å². The number of benzene rings is 2. The number of hydrogen-bond acceptors (Lipinski definition) is 3. The molecule has 0 unspecified atom stereocenters. The first kappa shape index (κ1) is 18.1. The van der Waals surface area contributed by atoms with Gasteiger partial charge in [0.2, 0.25) is 0 Å². The smallest absolute Gasteiger partial charge is 0.279 e. The van der Waals surface area contributed by atoms with Gasteiger partial charge in [-0.05, 0) is 62.7 Å². The van der Waals surface area contributed by atoms with Crippen molar-refractivity contribution >= 4 is 17.2 Å². The largest absolute Gasteiger partial charge is 0.494 e. The van der Waals surface area contributed by atoms with E-state index in [0.29, 0.717) is 17.0 Å². The van der Waals surface area contributed by atoms with Crippen molar-refractivity contribution in [1.82, 2.24) is 4.57 Å². The number of rotatable bonds is 4. The molecule has 1 heterocycles. The molecule has 0 aliphatic heterocycles. The first-order chi connectivity index (χ1) is 12.5. The summed E-state index contributed by atoms with van der Waals surface area (Å²) in [6, 6.07) is 15.5. The van der Waals surface area contributed by atoms with E-state index < -0.39 is 0 Å². The third kappa shape index (κ3) is 3.78. The Kier molecular flexibility index (Phi) is 5.38. The van der Waals surface area contributed by atoms with Crippen LogP contribution in [0.1, 0.15) is 27.7 Å². The van der Waals surface area contributed by atoms with Crippen molar-refractivity contribution in [3.63, 3.8) is 0 Å². The summed E-state index contributed by atoms with van der Waals surface area (Å²) in [5, 5.41) is 0. The normalized spacial score (nSPS) is 11.6. The van der Waals surface area contributed by atoms with E-state index in [9.17, 15) is 4.79 Å². The highest BCUT2D eigenvalue weighted by atomic mass is 32.1. The van der Waals surface area contributed by atoms with Gasteiger partial charge in [0.25, 0.3) is 5.91 Å². The molecule has 0 radical (unpaired) electrons. The van der Waals surface area contributed by atoms with Gasteiger partial charge in [-0.15, -0.1) is 11.3 Å². The van der Waals surface area contributed by atoms with Crippen molar-refractivity contribution in [3.8, 4) is 17.0 Å². The summed E-state index contributed by atoms with van der Waals surface area (Å²) < 4.78 is 7.48. The van der Waals surface area contributed by atoms with Crippen LogP contribution < -0.4 is 9.54 Å². The lowest BCUT2D eigenvalue weighted by atomic mass is 10.1. The summed E-state index contributed by atoms with van der Waals surface area (Å²) >= 11 is 1.52. The van der Waals surface area contributed by atoms with Gasteiger partial charge < -0.3 is 9.30 Å². The number of amides is 1. The summed E-state index contributed by atoms with van der Waals surface area (Å²) in [7, 11) is 1.94. The molecule has 2 aromatic carbocycles.